The van der Waals surface area contributed by atoms with Gasteiger partial charge in [0.1, 0.15) is 0 Å². The summed E-state index contributed by atoms with van der Waals surface area (Å²) in [5.74, 6) is 1.68. The lowest BCUT2D eigenvalue weighted by Gasteiger charge is -2.23. The van der Waals surface area contributed by atoms with Crippen LogP contribution in [0.2, 0.25) is 0 Å². The minimum absolute atomic E-state index is 0.356. The Morgan fingerprint density at radius 3 is 2.55 bits per heavy atom. The molecule has 3 rings (SSSR count). The maximum atomic E-state index is 11.7. The first-order valence-electron chi connectivity index (χ1n) is 10.5. The van der Waals surface area contributed by atoms with Crippen molar-refractivity contribution in [3.8, 4) is 22.6 Å². The molecule has 2 aromatic rings. The number of hydrogen-bond donors (Lipinski definition) is 0. The van der Waals surface area contributed by atoms with E-state index in [0.717, 1.165) is 22.4 Å². The molecule has 1 fully saturated rings. The molecule has 0 N–H and O–H groups in total. The van der Waals surface area contributed by atoms with Gasteiger partial charge in [-0.2, -0.15) is 0 Å². The second kappa shape index (κ2) is 10.7. The summed E-state index contributed by atoms with van der Waals surface area (Å²) in [5.41, 5.74) is 2.87. The number of carbonyl (C=O) groups excluding carboxylic acids is 1. The maximum Gasteiger partial charge on any atom is 0.330 e. The van der Waals surface area contributed by atoms with Gasteiger partial charge in [-0.3, -0.25) is 0 Å². The summed E-state index contributed by atoms with van der Waals surface area (Å²) in [4.78, 5) is 11.7. The highest BCUT2D eigenvalue weighted by Crippen LogP contribution is 2.40. The third-order valence-corrected chi connectivity index (χ3v) is 5.27. The molecule has 154 valence electrons. The van der Waals surface area contributed by atoms with Crippen LogP contribution >= 0.6 is 0 Å². The molecule has 4 nitrogen and oxygen atoms in total. The molecule has 29 heavy (non-hydrogen) atoms. The monoisotopic (exact) mass is 394 g/mol. The van der Waals surface area contributed by atoms with E-state index in [-0.39, 0.29) is 5.97 Å². The molecule has 0 amide bonds. The van der Waals surface area contributed by atoms with Crippen LogP contribution in [-0.4, -0.2) is 26.3 Å². The van der Waals surface area contributed by atoms with Crippen LogP contribution in [0.1, 0.15) is 44.6 Å². The van der Waals surface area contributed by atoms with Crippen LogP contribution in [0, 0.1) is 5.92 Å². The second-order valence-electron chi connectivity index (χ2n) is 7.37. The highest BCUT2D eigenvalue weighted by atomic mass is 16.5. The Balaban J connectivity index is 1.93. The number of ether oxygens (including phenoxy) is 3. The molecule has 1 saturated carbocycles. The number of methoxy groups -OCH3 is 1. The number of benzene rings is 2. The third kappa shape index (κ3) is 5.86. The molecule has 0 heterocycles. The Hall–Kier alpha value is -2.75. The van der Waals surface area contributed by atoms with E-state index < -0.39 is 0 Å². The topological polar surface area (TPSA) is 44.8 Å². The Bertz CT molecular complexity index is 820. The summed E-state index contributed by atoms with van der Waals surface area (Å²) in [7, 11) is 1.65. The predicted octanol–water partition coefficient (Wildman–Crippen LogP) is 5.90. The van der Waals surface area contributed by atoms with Crippen LogP contribution in [0.4, 0.5) is 0 Å². The largest absolute Gasteiger partial charge is 0.493 e. The normalized spacial score (nSPS) is 14.7. The van der Waals surface area contributed by atoms with E-state index in [1.54, 1.807) is 20.1 Å². The van der Waals surface area contributed by atoms with E-state index in [0.29, 0.717) is 24.9 Å². The van der Waals surface area contributed by atoms with Crippen molar-refractivity contribution in [2.24, 2.45) is 5.92 Å². The highest BCUT2D eigenvalue weighted by molar-refractivity contribution is 5.88. The summed E-state index contributed by atoms with van der Waals surface area (Å²) in [6, 6.07) is 14.1. The molecule has 4 heteroatoms. The first-order valence-corrected chi connectivity index (χ1v) is 10.5. The quantitative estimate of drug-likeness (QED) is 0.413. The zero-order chi connectivity index (χ0) is 20.5. The lowest BCUT2D eigenvalue weighted by molar-refractivity contribution is -0.137. The molecule has 1 aliphatic carbocycles. The van der Waals surface area contributed by atoms with Crippen molar-refractivity contribution < 1.29 is 19.0 Å². The molecule has 0 saturated heterocycles. The number of hydrogen-bond acceptors (Lipinski definition) is 4. The number of rotatable bonds is 8. The van der Waals surface area contributed by atoms with Gasteiger partial charge in [0.2, 0.25) is 0 Å². The van der Waals surface area contributed by atoms with Crippen molar-refractivity contribution in [2.75, 3.05) is 20.3 Å². The van der Waals surface area contributed by atoms with E-state index in [9.17, 15) is 4.79 Å². The number of esters is 1. The van der Waals surface area contributed by atoms with E-state index in [4.69, 9.17) is 14.2 Å². The van der Waals surface area contributed by atoms with Crippen molar-refractivity contribution in [1.82, 2.24) is 0 Å². The highest BCUT2D eigenvalue weighted by Gasteiger charge is 2.18. The lowest BCUT2D eigenvalue weighted by Crippen LogP contribution is -2.16. The molecule has 0 unspecified atom stereocenters. The molecule has 0 spiro atoms. The van der Waals surface area contributed by atoms with Gasteiger partial charge in [0, 0.05) is 11.6 Å². The van der Waals surface area contributed by atoms with Gasteiger partial charge >= 0.3 is 5.97 Å². The van der Waals surface area contributed by atoms with Gasteiger partial charge in [0.15, 0.2) is 11.5 Å². The smallest absolute Gasteiger partial charge is 0.330 e. The minimum atomic E-state index is -0.356. The summed E-state index contributed by atoms with van der Waals surface area (Å²) >= 11 is 0. The molecule has 0 aliphatic heterocycles. The van der Waals surface area contributed by atoms with Crippen LogP contribution in [0.15, 0.2) is 48.5 Å². The SMILES string of the molecule is CCOC(=O)/C=C/c1cc(OC)c(OCC2CCCCC2)c(-c2ccccc2)c1. The molecule has 0 aromatic heterocycles. The maximum absolute atomic E-state index is 11.7. The first-order chi connectivity index (χ1) is 14.2. The van der Waals surface area contributed by atoms with E-state index in [1.165, 1.54) is 38.2 Å². The van der Waals surface area contributed by atoms with Gasteiger partial charge in [-0.15, -0.1) is 0 Å². The summed E-state index contributed by atoms with van der Waals surface area (Å²) in [6.45, 7) is 2.85. The molecule has 1 aliphatic rings. The Morgan fingerprint density at radius 1 is 1.10 bits per heavy atom. The van der Waals surface area contributed by atoms with E-state index in [2.05, 4.69) is 12.1 Å². The summed E-state index contributed by atoms with van der Waals surface area (Å²) in [6.07, 6.45) is 9.54. The average molecular weight is 395 g/mol. The Morgan fingerprint density at radius 2 is 1.86 bits per heavy atom. The van der Waals surface area contributed by atoms with Crippen LogP contribution in [-0.2, 0) is 9.53 Å². The van der Waals surface area contributed by atoms with Crippen molar-refractivity contribution in [1.29, 1.82) is 0 Å². The molecule has 0 bridgehead atoms. The van der Waals surface area contributed by atoms with Gasteiger partial charge in [-0.05, 0) is 55.0 Å². The summed E-state index contributed by atoms with van der Waals surface area (Å²) in [5, 5.41) is 0. The van der Waals surface area contributed by atoms with Crippen molar-refractivity contribution >= 4 is 12.0 Å². The fraction of sp³-hybridized carbons (Fsp3) is 0.400. The third-order valence-electron chi connectivity index (χ3n) is 5.27. The molecule has 0 atom stereocenters. The zero-order valence-electron chi connectivity index (χ0n) is 17.4. The number of carbonyl (C=O) groups is 1. The van der Waals surface area contributed by atoms with Crippen LogP contribution in [0.3, 0.4) is 0 Å². The minimum Gasteiger partial charge on any atom is -0.493 e. The first kappa shape index (κ1) is 21.0. The second-order valence-corrected chi connectivity index (χ2v) is 7.37. The molecule has 0 radical (unpaired) electrons. The standard InChI is InChI=1S/C25H30O4/c1-3-28-24(26)15-14-20-16-22(21-12-8-5-9-13-21)25(23(17-20)27-2)29-18-19-10-6-4-7-11-19/h5,8-9,12-17,19H,3-4,6-7,10-11,18H2,1-2H3/b15-14+. The molecular formula is C25H30O4. The van der Waals surface area contributed by atoms with Crippen LogP contribution in [0.5, 0.6) is 11.5 Å². The van der Waals surface area contributed by atoms with Crippen LogP contribution < -0.4 is 9.47 Å². The predicted molar refractivity (Wildman–Crippen MR) is 116 cm³/mol. The Kier molecular flexibility index (Phi) is 7.74. The zero-order valence-corrected chi connectivity index (χ0v) is 17.4. The molecule has 2 aromatic carbocycles. The van der Waals surface area contributed by atoms with Gasteiger partial charge in [0.25, 0.3) is 0 Å². The van der Waals surface area contributed by atoms with Gasteiger partial charge in [-0.25, -0.2) is 4.79 Å². The Labute approximate surface area is 173 Å². The van der Waals surface area contributed by atoms with Gasteiger partial charge in [0.05, 0.1) is 20.3 Å². The van der Waals surface area contributed by atoms with Gasteiger partial charge < -0.3 is 14.2 Å². The van der Waals surface area contributed by atoms with E-state index >= 15 is 0 Å². The fourth-order valence-electron chi connectivity index (χ4n) is 3.76. The summed E-state index contributed by atoms with van der Waals surface area (Å²) < 4.78 is 17.0. The van der Waals surface area contributed by atoms with Crippen molar-refractivity contribution in [3.63, 3.8) is 0 Å². The molecular weight excluding hydrogens is 364 g/mol. The van der Waals surface area contributed by atoms with Crippen molar-refractivity contribution in [2.45, 2.75) is 39.0 Å². The van der Waals surface area contributed by atoms with Crippen LogP contribution in [0.25, 0.3) is 17.2 Å². The van der Waals surface area contributed by atoms with E-state index in [1.807, 2.05) is 30.3 Å². The van der Waals surface area contributed by atoms with Crippen molar-refractivity contribution in [3.05, 3.63) is 54.1 Å². The average Bonchev–Trinajstić information content (AvgIpc) is 2.77. The fourth-order valence-corrected chi connectivity index (χ4v) is 3.76. The lowest BCUT2D eigenvalue weighted by atomic mass is 9.90. The van der Waals surface area contributed by atoms with Gasteiger partial charge in [-0.1, -0.05) is 49.6 Å².